The molecule has 150 valence electrons. The van der Waals surface area contributed by atoms with Gasteiger partial charge in [0.05, 0.1) is 12.7 Å². The quantitative estimate of drug-likeness (QED) is 0.804. The summed E-state index contributed by atoms with van der Waals surface area (Å²) in [5, 5.41) is 9.86. The molecule has 0 saturated heterocycles. The summed E-state index contributed by atoms with van der Waals surface area (Å²) in [7, 11) is 4.23. The molecule has 3 aliphatic rings. The monoisotopic (exact) mass is 371 g/mol. The molecular formula is C24H37NO2. The van der Waals surface area contributed by atoms with Gasteiger partial charge >= 0.3 is 0 Å². The van der Waals surface area contributed by atoms with Gasteiger partial charge in [0.15, 0.2) is 0 Å². The summed E-state index contributed by atoms with van der Waals surface area (Å²) in [6, 6.07) is 6.12. The maximum absolute atomic E-state index is 9.86. The molecule has 1 aromatic rings. The van der Waals surface area contributed by atoms with E-state index < -0.39 is 0 Å². The Balaban J connectivity index is 1.49. The molecule has 0 heterocycles. The Kier molecular flexibility index (Phi) is 5.28. The van der Waals surface area contributed by atoms with Crippen molar-refractivity contribution in [1.29, 1.82) is 0 Å². The second kappa shape index (κ2) is 7.40. The van der Waals surface area contributed by atoms with E-state index in [0.717, 1.165) is 31.4 Å². The predicted molar refractivity (Wildman–Crippen MR) is 110 cm³/mol. The standard InChI is InChI=1S/C24H37NO2/c1-16(27-14-13-25(3)4)22-9-10-23-21-7-5-17-15-18(26)6-8-19(17)20(21)11-12-24(22,23)2/h6,8,15-16,20-23,26H,5,7,9-14H2,1-4H3/t16-,20+,21+,22+,23-,24+/m0/s1. The average Bonchev–Trinajstić information content (AvgIpc) is 2.98. The SMILES string of the molecule is C[C@H](OCCN(C)C)[C@H]1CC[C@H]2[C@@H]3CCc4cc(O)ccc4[C@H]3CC[C@]12C. The van der Waals surface area contributed by atoms with Crippen molar-refractivity contribution in [3.8, 4) is 5.75 Å². The second-order valence-corrected chi connectivity index (χ2v) is 9.91. The van der Waals surface area contributed by atoms with E-state index in [-0.39, 0.29) is 0 Å². The zero-order chi connectivity index (χ0) is 19.2. The van der Waals surface area contributed by atoms with Gasteiger partial charge in [0.25, 0.3) is 0 Å². The first kappa shape index (κ1) is 19.3. The third-order valence-electron chi connectivity index (χ3n) is 8.27. The molecule has 0 amide bonds. The number of benzene rings is 1. The predicted octanol–water partition coefficient (Wildman–Crippen LogP) is 4.83. The Morgan fingerprint density at radius 2 is 2.04 bits per heavy atom. The number of fused-ring (bicyclic) bond motifs is 5. The van der Waals surface area contributed by atoms with Gasteiger partial charge in [-0.05, 0) is 112 Å². The van der Waals surface area contributed by atoms with Gasteiger partial charge in [-0.3, -0.25) is 0 Å². The fraction of sp³-hybridized carbons (Fsp3) is 0.750. The highest BCUT2D eigenvalue weighted by Gasteiger charge is 2.55. The molecule has 1 N–H and O–H groups in total. The van der Waals surface area contributed by atoms with Crippen LogP contribution in [0.15, 0.2) is 18.2 Å². The minimum Gasteiger partial charge on any atom is -0.508 e. The largest absolute Gasteiger partial charge is 0.508 e. The molecule has 2 fully saturated rings. The van der Waals surface area contributed by atoms with Crippen LogP contribution in [0.25, 0.3) is 0 Å². The maximum Gasteiger partial charge on any atom is 0.115 e. The first-order chi connectivity index (χ1) is 12.9. The van der Waals surface area contributed by atoms with Gasteiger partial charge in [-0.25, -0.2) is 0 Å². The van der Waals surface area contributed by atoms with Gasteiger partial charge in [-0.2, -0.15) is 0 Å². The smallest absolute Gasteiger partial charge is 0.115 e. The third-order valence-corrected chi connectivity index (χ3v) is 8.27. The van der Waals surface area contributed by atoms with Crippen LogP contribution in [0, 0.1) is 23.2 Å². The van der Waals surface area contributed by atoms with Gasteiger partial charge in [0.1, 0.15) is 5.75 Å². The lowest BCUT2D eigenvalue weighted by Gasteiger charge is -2.51. The van der Waals surface area contributed by atoms with Crippen molar-refractivity contribution in [3.63, 3.8) is 0 Å². The number of aromatic hydroxyl groups is 1. The fourth-order valence-corrected chi connectivity index (χ4v) is 6.92. The summed E-state index contributed by atoms with van der Waals surface area (Å²) in [4.78, 5) is 2.20. The van der Waals surface area contributed by atoms with Crippen LogP contribution < -0.4 is 0 Å². The lowest BCUT2D eigenvalue weighted by Crippen LogP contribution is -2.45. The minimum atomic E-state index is 0.365. The van der Waals surface area contributed by atoms with Gasteiger partial charge in [-0.15, -0.1) is 0 Å². The highest BCUT2D eigenvalue weighted by molar-refractivity contribution is 5.40. The Morgan fingerprint density at radius 3 is 2.81 bits per heavy atom. The highest BCUT2D eigenvalue weighted by Crippen LogP contribution is 2.63. The van der Waals surface area contributed by atoms with Gasteiger partial charge in [-0.1, -0.05) is 13.0 Å². The second-order valence-electron chi connectivity index (χ2n) is 9.91. The molecular weight excluding hydrogens is 334 g/mol. The van der Waals surface area contributed by atoms with Crippen LogP contribution in [-0.4, -0.2) is 43.4 Å². The van der Waals surface area contributed by atoms with Crippen LogP contribution in [0.3, 0.4) is 0 Å². The van der Waals surface area contributed by atoms with Crippen molar-refractivity contribution < 1.29 is 9.84 Å². The first-order valence-corrected chi connectivity index (χ1v) is 11.0. The molecule has 0 unspecified atom stereocenters. The van der Waals surface area contributed by atoms with Gasteiger partial charge < -0.3 is 14.7 Å². The summed E-state index contributed by atoms with van der Waals surface area (Å²) in [5.41, 5.74) is 3.37. The number of phenols is 1. The molecule has 3 aliphatic carbocycles. The summed E-state index contributed by atoms with van der Waals surface area (Å²) in [6.45, 7) is 6.74. The van der Waals surface area contributed by atoms with Crippen molar-refractivity contribution in [2.45, 2.75) is 64.4 Å². The van der Waals surface area contributed by atoms with Crippen LogP contribution in [0.2, 0.25) is 0 Å². The van der Waals surface area contributed by atoms with Crippen molar-refractivity contribution >= 4 is 0 Å². The molecule has 2 saturated carbocycles. The Labute approximate surface area is 165 Å². The number of aryl methyl sites for hydroxylation is 1. The molecule has 6 atom stereocenters. The van der Waals surface area contributed by atoms with E-state index in [0.29, 0.717) is 29.1 Å². The lowest BCUT2D eigenvalue weighted by atomic mass is 9.54. The van der Waals surface area contributed by atoms with Gasteiger partial charge in [0.2, 0.25) is 0 Å². The molecule has 3 nitrogen and oxygen atoms in total. The van der Waals surface area contributed by atoms with E-state index >= 15 is 0 Å². The lowest BCUT2D eigenvalue weighted by molar-refractivity contribution is -0.0520. The van der Waals surface area contributed by atoms with E-state index in [4.69, 9.17) is 4.74 Å². The molecule has 4 rings (SSSR count). The number of phenolic OH excluding ortho intramolecular Hbond substituents is 1. The highest BCUT2D eigenvalue weighted by atomic mass is 16.5. The van der Waals surface area contributed by atoms with E-state index in [9.17, 15) is 5.11 Å². The third kappa shape index (κ3) is 3.42. The van der Waals surface area contributed by atoms with Crippen LogP contribution in [0.5, 0.6) is 5.75 Å². The van der Waals surface area contributed by atoms with Crippen molar-refractivity contribution in [2.24, 2.45) is 23.2 Å². The van der Waals surface area contributed by atoms with Gasteiger partial charge in [0, 0.05) is 6.54 Å². The van der Waals surface area contributed by atoms with Crippen molar-refractivity contribution in [2.75, 3.05) is 27.2 Å². The van der Waals surface area contributed by atoms with E-state index in [1.54, 1.807) is 0 Å². The normalized spacial score (nSPS) is 36.2. The summed E-state index contributed by atoms with van der Waals surface area (Å²) < 4.78 is 6.29. The molecule has 1 aromatic carbocycles. The minimum absolute atomic E-state index is 0.365. The summed E-state index contributed by atoms with van der Waals surface area (Å²) >= 11 is 0. The maximum atomic E-state index is 9.86. The Morgan fingerprint density at radius 1 is 1.22 bits per heavy atom. The van der Waals surface area contributed by atoms with Crippen LogP contribution >= 0.6 is 0 Å². The van der Waals surface area contributed by atoms with E-state index in [1.165, 1.54) is 43.2 Å². The molecule has 0 aliphatic heterocycles. The first-order valence-electron chi connectivity index (χ1n) is 11.0. The number of likely N-dealkylation sites (N-methyl/N-ethyl adjacent to an activating group) is 1. The van der Waals surface area contributed by atoms with Crippen LogP contribution in [-0.2, 0) is 11.2 Å². The zero-order valence-corrected chi connectivity index (χ0v) is 17.6. The summed E-state index contributed by atoms with van der Waals surface area (Å²) in [6.07, 6.45) is 8.12. The van der Waals surface area contributed by atoms with Crippen LogP contribution in [0.1, 0.15) is 63.0 Å². The number of hydrogen-bond acceptors (Lipinski definition) is 3. The van der Waals surface area contributed by atoms with Crippen LogP contribution in [0.4, 0.5) is 0 Å². The Bertz CT molecular complexity index is 672. The molecule has 0 radical (unpaired) electrons. The number of ether oxygens (including phenoxy) is 1. The number of nitrogens with zero attached hydrogens (tertiary/aromatic N) is 1. The molecule has 27 heavy (non-hydrogen) atoms. The molecule has 3 heteroatoms. The van der Waals surface area contributed by atoms with Crippen molar-refractivity contribution in [3.05, 3.63) is 29.3 Å². The fourth-order valence-electron chi connectivity index (χ4n) is 6.92. The number of rotatable bonds is 5. The topological polar surface area (TPSA) is 32.7 Å². The molecule has 0 bridgehead atoms. The van der Waals surface area contributed by atoms with Crippen molar-refractivity contribution in [1.82, 2.24) is 4.90 Å². The van der Waals surface area contributed by atoms with E-state index in [1.807, 2.05) is 12.1 Å². The zero-order valence-electron chi connectivity index (χ0n) is 17.6. The Hall–Kier alpha value is -1.06. The molecule has 0 spiro atoms. The summed E-state index contributed by atoms with van der Waals surface area (Å²) in [5.74, 6) is 3.49. The molecule has 0 aromatic heterocycles. The number of hydrogen-bond donors (Lipinski definition) is 1. The average molecular weight is 372 g/mol. The van der Waals surface area contributed by atoms with E-state index in [2.05, 4.69) is 38.9 Å².